The number of aryl methyl sites for hydroxylation is 1. The fourth-order valence-corrected chi connectivity index (χ4v) is 1.27. The maximum absolute atomic E-state index is 12.8. The molecular weight excluding hydrogens is 169 g/mol. The minimum absolute atomic E-state index is 0.107. The van der Waals surface area contributed by atoms with Gasteiger partial charge >= 0.3 is 0 Å². The van der Waals surface area contributed by atoms with Crippen LogP contribution in [0.1, 0.15) is 28.8 Å². The molecule has 0 atom stereocenters. The number of nitrogens with zero attached hydrogens (tertiary/aromatic N) is 1. The third-order valence-electron chi connectivity index (χ3n) is 2.25. The van der Waals surface area contributed by atoms with Crippen LogP contribution in [0.15, 0.2) is 12.3 Å². The van der Waals surface area contributed by atoms with Crippen LogP contribution in [-0.2, 0) is 0 Å². The van der Waals surface area contributed by atoms with Crippen molar-refractivity contribution in [2.75, 3.05) is 0 Å². The first-order chi connectivity index (χ1) is 6.18. The average Bonchev–Trinajstić information content (AvgIpc) is 2.91. The van der Waals surface area contributed by atoms with Crippen molar-refractivity contribution in [1.82, 2.24) is 4.98 Å². The third-order valence-corrected chi connectivity index (χ3v) is 2.25. The Hall–Kier alpha value is -1.25. The number of hydrogen-bond acceptors (Lipinski definition) is 2. The smallest absolute Gasteiger partial charge is 0.215 e. The molecule has 0 amide bonds. The Labute approximate surface area is 75.8 Å². The summed E-state index contributed by atoms with van der Waals surface area (Å²) in [6, 6.07) is 1.57. The van der Waals surface area contributed by atoms with E-state index in [1.807, 2.05) is 0 Å². The highest BCUT2D eigenvalue weighted by Gasteiger charge is 2.30. The molecule has 1 aliphatic rings. The lowest BCUT2D eigenvalue weighted by atomic mass is 10.1. The van der Waals surface area contributed by atoms with E-state index in [1.165, 1.54) is 6.20 Å². The Morgan fingerprint density at radius 2 is 2.31 bits per heavy atom. The van der Waals surface area contributed by atoms with Gasteiger partial charge in [0.2, 0.25) is 5.95 Å². The number of rotatable bonds is 2. The van der Waals surface area contributed by atoms with E-state index in [4.69, 9.17) is 0 Å². The van der Waals surface area contributed by atoms with Crippen molar-refractivity contribution >= 4 is 5.78 Å². The molecular formula is C10H10FNO. The van der Waals surface area contributed by atoms with Crippen LogP contribution in [0.3, 0.4) is 0 Å². The molecule has 1 aromatic heterocycles. The van der Waals surface area contributed by atoms with Gasteiger partial charge < -0.3 is 0 Å². The Kier molecular flexibility index (Phi) is 1.87. The molecule has 2 rings (SSSR count). The maximum Gasteiger partial charge on any atom is 0.215 e. The molecule has 1 fully saturated rings. The SMILES string of the molecule is Cc1cc(C(=O)C2CC2)cnc1F. The van der Waals surface area contributed by atoms with Gasteiger partial charge in [-0.25, -0.2) is 4.98 Å². The predicted molar refractivity (Wildman–Crippen MR) is 46.0 cm³/mol. The van der Waals surface area contributed by atoms with E-state index in [2.05, 4.69) is 4.98 Å². The summed E-state index contributed by atoms with van der Waals surface area (Å²) in [7, 11) is 0. The third kappa shape index (κ3) is 1.59. The van der Waals surface area contributed by atoms with Gasteiger partial charge in [0.25, 0.3) is 0 Å². The van der Waals surface area contributed by atoms with Crippen LogP contribution in [0.2, 0.25) is 0 Å². The number of pyridine rings is 1. The molecule has 1 saturated carbocycles. The lowest BCUT2D eigenvalue weighted by Crippen LogP contribution is -2.03. The van der Waals surface area contributed by atoms with Crippen LogP contribution in [-0.4, -0.2) is 10.8 Å². The summed E-state index contributed by atoms with van der Waals surface area (Å²) in [5, 5.41) is 0. The van der Waals surface area contributed by atoms with E-state index in [9.17, 15) is 9.18 Å². The first-order valence-electron chi connectivity index (χ1n) is 4.35. The first kappa shape index (κ1) is 8.35. The van der Waals surface area contributed by atoms with Crippen LogP contribution in [0.5, 0.6) is 0 Å². The number of carbonyl (C=O) groups is 1. The van der Waals surface area contributed by atoms with Crippen molar-refractivity contribution in [3.05, 3.63) is 29.3 Å². The molecule has 0 radical (unpaired) electrons. The van der Waals surface area contributed by atoms with Crippen LogP contribution in [0.25, 0.3) is 0 Å². The molecule has 0 spiro atoms. The molecule has 68 valence electrons. The normalized spacial score (nSPS) is 15.8. The largest absolute Gasteiger partial charge is 0.294 e. The van der Waals surface area contributed by atoms with Crippen molar-refractivity contribution < 1.29 is 9.18 Å². The summed E-state index contributed by atoms with van der Waals surface area (Å²) < 4.78 is 12.8. The fraction of sp³-hybridized carbons (Fsp3) is 0.400. The van der Waals surface area contributed by atoms with Gasteiger partial charge in [0.1, 0.15) is 0 Å². The molecule has 2 nitrogen and oxygen atoms in total. The Balaban J connectivity index is 2.30. The highest BCUT2D eigenvalue weighted by molar-refractivity contribution is 5.99. The minimum Gasteiger partial charge on any atom is -0.294 e. The number of halogens is 1. The van der Waals surface area contributed by atoms with Crippen molar-refractivity contribution in [3.63, 3.8) is 0 Å². The Morgan fingerprint density at radius 3 is 2.85 bits per heavy atom. The summed E-state index contributed by atoms with van der Waals surface area (Å²) in [4.78, 5) is 15.0. The van der Waals surface area contributed by atoms with Gasteiger partial charge in [-0.15, -0.1) is 0 Å². The van der Waals surface area contributed by atoms with E-state index < -0.39 is 5.95 Å². The summed E-state index contributed by atoms with van der Waals surface area (Å²) in [6.45, 7) is 1.62. The van der Waals surface area contributed by atoms with Gasteiger partial charge in [-0.05, 0) is 25.8 Å². The summed E-state index contributed by atoms with van der Waals surface area (Å²) >= 11 is 0. The van der Waals surface area contributed by atoms with E-state index in [1.54, 1.807) is 13.0 Å². The topological polar surface area (TPSA) is 30.0 Å². The van der Waals surface area contributed by atoms with Gasteiger partial charge in [0.15, 0.2) is 5.78 Å². The Bertz CT molecular complexity index is 358. The van der Waals surface area contributed by atoms with Crippen LogP contribution >= 0.6 is 0 Å². The number of carbonyl (C=O) groups excluding carboxylic acids is 1. The first-order valence-corrected chi connectivity index (χ1v) is 4.35. The maximum atomic E-state index is 12.8. The quantitative estimate of drug-likeness (QED) is 0.514. The van der Waals surface area contributed by atoms with Gasteiger partial charge in [-0.1, -0.05) is 0 Å². The zero-order valence-corrected chi connectivity index (χ0v) is 7.38. The fourth-order valence-electron chi connectivity index (χ4n) is 1.27. The van der Waals surface area contributed by atoms with Gasteiger partial charge in [-0.3, -0.25) is 4.79 Å². The van der Waals surface area contributed by atoms with Crippen LogP contribution in [0.4, 0.5) is 4.39 Å². The second kappa shape index (κ2) is 2.91. The summed E-state index contributed by atoms with van der Waals surface area (Å²) in [5.74, 6) is -0.213. The Morgan fingerprint density at radius 1 is 1.62 bits per heavy atom. The average molecular weight is 179 g/mol. The molecule has 3 heteroatoms. The monoisotopic (exact) mass is 179 g/mol. The minimum atomic E-state index is -0.493. The summed E-state index contributed by atoms with van der Waals surface area (Å²) in [6.07, 6.45) is 3.26. The molecule has 1 aliphatic carbocycles. The second-order valence-corrected chi connectivity index (χ2v) is 3.47. The highest BCUT2D eigenvalue weighted by atomic mass is 19.1. The summed E-state index contributed by atoms with van der Waals surface area (Å²) in [5.41, 5.74) is 0.980. The number of ketones is 1. The van der Waals surface area contributed by atoms with Gasteiger partial charge in [0.05, 0.1) is 0 Å². The van der Waals surface area contributed by atoms with Crippen molar-refractivity contribution in [1.29, 1.82) is 0 Å². The zero-order chi connectivity index (χ0) is 9.42. The van der Waals surface area contributed by atoms with E-state index in [0.29, 0.717) is 11.1 Å². The standard InChI is InChI=1S/C10H10FNO/c1-6-4-8(5-12-10(6)11)9(13)7-2-3-7/h4-5,7H,2-3H2,1H3. The van der Waals surface area contributed by atoms with E-state index >= 15 is 0 Å². The highest BCUT2D eigenvalue weighted by Crippen LogP contribution is 2.32. The molecule has 13 heavy (non-hydrogen) atoms. The number of hydrogen-bond donors (Lipinski definition) is 0. The molecule has 1 aromatic rings. The number of Topliss-reactive ketones (excluding diaryl/α,β-unsaturated/α-hetero) is 1. The predicted octanol–water partition coefficient (Wildman–Crippen LogP) is 2.12. The van der Waals surface area contributed by atoms with Gasteiger partial charge in [-0.2, -0.15) is 4.39 Å². The number of aromatic nitrogens is 1. The molecule has 0 unspecified atom stereocenters. The molecule has 0 aliphatic heterocycles. The van der Waals surface area contributed by atoms with Crippen LogP contribution < -0.4 is 0 Å². The lowest BCUT2D eigenvalue weighted by molar-refractivity contribution is 0.0967. The lowest BCUT2D eigenvalue weighted by Gasteiger charge is -1.99. The van der Waals surface area contributed by atoms with E-state index in [-0.39, 0.29) is 11.7 Å². The molecule has 0 saturated heterocycles. The zero-order valence-electron chi connectivity index (χ0n) is 7.38. The molecule has 0 aromatic carbocycles. The second-order valence-electron chi connectivity index (χ2n) is 3.47. The van der Waals surface area contributed by atoms with Crippen LogP contribution in [0, 0.1) is 18.8 Å². The molecule has 0 bridgehead atoms. The van der Waals surface area contributed by atoms with E-state index in [0.717, 1.165) is 12.8 Å². The molecule has 0 N–H and O–H groups in total. The van der Waals surface area contributed by atoms with Gasteiger partial charge in [0, 0.05) is 23.2 Å². The molecule has 1 heterocycles. The van der Waals surface area contributed by atoms with Crippen molar-refractivity contribution in [2.45, 2.75) is 19.8 Å². The van der Waals surface area contributed by atoms with Crippen molar-refractivity contribution in [3.8, 4) is 0 Å². The van der Waals surface area contributed by atoms with Crippen molar-refractivity contribution in [2.24, 2.45) is 5.92 Å².